The van der Waals surface area contributed by atoms with Crippen LogP contribution in [0.15, 0.2) is 18.2 Å². The van der Waals surface area contributed by atoms with Crippen LogP contribution < -0.4 is 10.6 Å². The molecule has 122 valence electrons. The standard InChI is InChI=1S/C16H22F2N2O2/c1-11(2-3-12-4-5-13(17)14(18)8-12)20-15(22)19-9-16(10-21)6-7-16/h4-5,8,11,21H,2-3,6-7,9-10H2,1H3,(H2,19,20,22). The molecule has 4 nitrogen and oxygen atoms in total. The van der Waals surface area contributed by atoms with Crippen LogP contribution in [0.3, 0.4) is 0 Å². The molecule has 0 saturated heterocycles. The van der Waals surface area contributed by atoms with Gasteiger partial charge in [-0.1, -0.05) is 6.07 Å². The van der Waals surface area contributed by atoms with Crippen LogP contribution in [0.1, 0.15) is 31.7 Å². The number of halogens is 2. The number of amides is 2. The van der Waals surface area contributed by atoms with Crippen molar-refractivity contribution in [2.45, 2.75) is 38.6 Å². The molecular weight excluding hydrogens is 290 g/mol. The van der Waals surface area contributed by atoms with Crippen LogP contribution in [0.2, 0.25) is 0 Å². The maximum Gasteiger partial charge on any atom is 0.315 e. The molecule has 1 saturated carbocycles. The summed E-state index contributed by atoms with van der Waals surface area (Å²) >= 11 is 0. The van der Waals surface area contributed by atoms with Crippen molar-refractivity contribution in [1.29, 1.82) is 0 Å². The summed E-state index contributed by atoms with van der Waals surface area (Å²) < 4.78 is 25.9. The van der Waals surface area contributed by atoms with Gasteiger partial charge in [0.15, 0.2) is 11.6 Å². The number of hydrogen-bond acceptors (Lipinski definition) is 2. The van der Waals surface area contributed by atoms with E-state index in [-0.39, 0.29) is 24.1 Å². The highest BCUT2D eigenvalue weighted by Crippen LogP contribution is 2.44. The molecule has 0 spiro atoms. The Bertz CT molecular complexity index is 533. The maximum atomic E-state index is 13.1. The lowest BCUT2D eigenvalue weighted by atomic mass is 10.1. The molecule has 0 aliphatic heterocycles. The van der Waals surface area contributed by atoms with Gasteiger partial charge in [0.1, 0.15) is 0 Å². The molecule has 2 rings (SSSR count). The fourth-order valence-electron chi connectivity index (χ4n) is 2.26. The van der Waals surface area contributed by atoms with Gasteiger partial charge in [0.25, 0.3) is 0 Å². The van der Waals surface area contributed by atoms with E-state index >= 15 is 0 Å². The molecule has 1 atom stereocenters. The number of benzene rings is 1. The zero-order valence-corrected chi connectivity index (χ0v) is 12.7. The summed E-state index contributed by atoms with van der Waals surface area (Å²) in [7, 11) is 0. The molecule has 0 radical (unpaired) electrons. The molecule has 1 aliphatic rings. The van der Waals surface area contributed by atoms with Gasteiger partial charge in [-0.15, -0.1) is 0 Å². The van der Waals surface area contributed by atoms with Gasteiger partial charge >= 0.3 is 6.03 Å². The fourth-order valence-corrected chi connectivity index (χ4v) is 2.26. The van der Waals surface area contributed by atoms with Crippen molar-refractivity contribution in [2.24, 2.45) is 5.41 Å². The predicted octanol–water partition coefficient (Wildman–Crippen LogP) is 2.36. The topological polar surface area (TPSA) is 61.4 Å². The third-order valence-electron chi connectivity index (χ3n) is 4.14. The van der Waals surface area contributed by atoms with Crippen molar-refractivity contribution in [3.8, 4) is 0 Å². The molecule has 1 aliphatic carbocycles. The molecule has 1 fully saturated rings. The number of aryl methyl sites for hydroxylation is 1. The summed E-state index contributed by atoms with van der Waals surface area (Å²) in [6.07, 6.45) is 3.06. The highest BCUT2D eigenvalue weighted by Gasteiger charge is 2.42. The average Bonchev–Trinajstić information content (AvgIpc) is 3.27. The Balaban J connectivity index is 1.69. The van der Waals surface area contributed by atoms with Crippen molar-refractivity contribution in [1.82, 2.24) is 10.6 Å². The maximum absolute atomic E-state index is 13.1. The van der Waals surface area contributed by atoms with Gasteiger partial charge in [-0.2, -0.15) is 0 Å². The van der Waals surface area contributed by atoms with Gasteiger partial charge in [0.2, 0.25) is 0 Å². The number of carbonyl (C=O) groups excluding carboxylic acids is 1. The quantitative estimate of drug-likeness (QED) is 0.724. The SMILES string of the molecule is CC(CCc1ccc(F)c(F)c1)NC(=O)NCC1(CO)CC1. The van der Waals surface area contributed by atoms with Crippen LogP contribution >= 0.6 is 0 Å². The molecule has 1 unspecified atom stereocenters. The molecule has 6 heteroatoms. The lowest BCUT2D eigenvalue weighted by Crippen LogP contribution is -2.43. The summed E-state index contributed by atoms with van der Waals surface area (Å²) in [5, 5.41) is 14.7. The van der Waals surface area contributed by atoms with Crippen molar-refractivity contribution >= 4 is 6.03 Å². The number of rotatable bonds is 7. The Morgan fingerprint density at radius 2 is 2.09 bits per heavy atom. The van der Waals surface area contributed by atoms with Gasteiger partial charge < -0.3 is 15.7 Å². The summed E-state index contributed by atoms with van der Waals surface area (Å²) in [6, 6.07) is 3.48. The largest absolute Gasteiger partial charge is 0.396 e. The van der Waals surface area contributed by atoms with E-state index in [1.165, 1.54) is 6.07 Å². The van der Waals surface area contributed by atoms with Crippen LogP contribution in [0.4, 0.5) is 13.6 Å². The third-order valence-corrected chi connectivity index (χ3v) is 4.14. The molecule has 0 bridgehead atoms. The minimum absolute atomic E-state index is 0.0857. The normalized spacial score (nSPS) is 16.9. The summed E-state index contributed by atoms with van der Waals surface area (Å²) in [4.78, 5) is 11.7. The van der Waals surface area contributed by atoms with E-state index in [9.17, 15) is 18.7 Å². The van der Waals surface area contributed by atoms with Gasteiger partial charge in [-0.05, 0) is 50.3 Å². The number of hydrogen-bond donors (Lipinski definition) is 3. The Morgan fingerprint density at radius 1 is 1.36 bits per heavy atom. The summed E-state index contributed by atoms with van der Waals surface area (Å²) in [5.41, 5.74) is 0.580. The van der Waals surface area contributed by atoms with Crippen LogP contribution in [-0.4, -0.2) is 30.3 Å². The van der Waals surface area contributed by atoms with Crippen LogP contribution in [-0.2, 0) is 6.42 Å². The minimum Gasteiger partial charge on any atom is -0.396 e. The first kappa shape index (κ1) is 16.7. The van der Waals surface area contributed by atoms with Crippen LogP contribution in [0, 0.1) is 17.0 Å². The second kappa shape index (κ2) is 7.05. The van der Waals surface area contributed by atoms with Crippen molar-refractivity contribution < 1.29 is 18.7 Å². The fraction of sp³-hybridized carbons (Fsp3) is 0.562. The molecule has 0 aromatic heterocycles. The van der Waals surface area contributed by atoms with Gasteiger partial charge in [0.05, 0.1) is 6.61 Å². The van der Waals surface area contributed by atoms with E-state index < -0.39 is 11.6 Å². The number of carbonyl (C=O) groups is 1. The molecule has 1 aromatic carbocycles. The smallest absolute Gasteiger partial charge is 0.315 e. The predicted molar refractivity (Wildman–Crippen MR) is 79.4 cm³/mol. The summed E-state index contributed by atoms with van der Waals surface area (Å²) in [6.45, 7) is 2.43. The first-order valence-corrected chi connectivity index (χ1v) is 7.53. The molecule has 3 N–H and O–H groups in total. The third kappa shape index (κ3) is 4.66. The highest BCUT2D eigenvalue weighted by atomic mass is 19.2. The van der Waals surface area contributed by atoms with E-state index in [1.807, 2.05) is 6.92 Å². The molecule has 0 heterocycles. The monoisotopic (exact) mass is 312 g/mol. The number of nitrogens with one attached hydrogen (secondary N) is 2. The van der Waals surface area contributed by atoms with E-state index in [4.69, 9.17) is 0 Å². The van der Waals surface area contributed by atoms with E-state index in [1.54, 1.807) is 6.07 Å². The molecule has 22 heavy (non-hydrogen) atoms. The second-order valence-corrected chi connectivity index (χ2v) is 6.17. The Morgan fingerprint density at radius 3 is 2.68 bits per heavy atom. The van der Waals surface area contributed by atoms with Gasteiger partial charge in [-0.25, -0.2) is 13.6 Å². The van der Waals surface area contributed by atoms with Gasteiger partial charge in [0, 0.05) is 18.0 Å². The highest BCUT2D eigenvalue weighted by molar-refractivity contribution is 5.74. The lowest BCUT2D eigenvalue weighted by molar-refractivity contribution is 0.202. The van der Waals surface area contributed by atoms with Gasteiger partial charge in [-0.3, -0.25) is 0 Å². The molecular formula is C16H22F2N2O2. The van der Waals surface area contributed by atoms with Crippen molar-refractivity contribution in [2.75, 3.05) is 13.2 Å². The zero-order chi connectivity index (χ0) is 16.2. The Kier molecular flexibility index (Phi) is 5.34. The van der Waals surface area contributed by atoms with E-state index in [2.05, 4.69) is 10.6 Å². The molecule has 1 aromatic rings. The second-order valence-electron chi connectivity index (χ2n) is 6.17. The Labute approximate surface area is 128 Å². The number of urea groups is 1. The first-order valence-electron chi connectivity index (χ1n) is 7.53. The van der Waals surface area contributed by atoms with E-state index in [0.29, 0.717) is 24.9 Å². The van der Waals surface area contributed by atoms with Crippen molar-refractivity contribution in [3.05, 3.63) is 35.4 Å². The van der Waals surface area contributed by atoms with Crippen LogP contribution in [0.5, 0.6) is 0 Å². The average molecular weight is 312 g/mol. The Hall–Kier alpha value is -1.69. The number of aliphatic hydroxyl groups excluding tert-OH is 1. The number of aliphatic hydroxyl groups is 1. The summed E-state index contributed by atoms with van der Waals surface area (Å²) in [5.74, 6) is -1.71. The molecule has 2 amide bonds. The zero-order valence-electron chi connectivity index (χ0n) is 12.7. The van der Waals surface area contributed by atoms with Crippen LogP contribution in [0.25, 0.3) is 0 Å². The van der Waals surface area contributed by atoms with Crippen molar-refractivity contribution in [3.63, 3.8) is 0 Å². The van der Waals surface area contributed by atoms with E-state index in [0.717, 1.165) is 18.9 Å². The first-order chi connectivity index (χ1) is 10.4. The lowest BCUT2D eigenvalue weighted by Gasteiger charge is -2.17. The minimum atomic E-state index is -0.854.